The van der Waals surface area contributed by atoms with E-state index in [1.807, 2.05) is 0 Å². The lowest BCUT2D eigenvalue weighted by atomic mass is 10.3. The van der Waals surface area contributed by atoms with Crippen molar-refractivity contribution in [3.8, 4) is 0 Å². The predicted molar refractivity (Wildman–Crippen MR) is 60.7 cm³/mol. The molecule has 0 aromatic carbocycles. The Bertz CT molecular complexity index is 494. The van der Waals surface area contributed by atoms with Crippen LogP contribution in [0.1, 0.15) is 0 Å². The fourth-order valence-corrected chi connectivity index (χ4v) is 1.77. The second-order valence-corrected chi connectivity index (χ2v) is 3.80. The largest absolute Gasteiger partial charge is 0.376 e. The van der Waals surface area contributed by atoms with E-state index in [4.69, 9.17) is 9.47 Å². The van der Waals surface area contributed by atoms with Crippen LogP contribution in [0.4, 0.5) is 5.82 Å². The number of anilines is 1. The molecule has 17 heavy (non-hydrogen) atoms. The molecule has 3 heterocycles. The second kappa shape index (κ2) is 4.64. The molecule has 1 saturated heterocycles. The zero-order valence-corrected chi connectivity index (χ0v) is 9.22. The Morgan fingerprint density at radius 2 is 2.41 bits per heavy atom. The minimum Gasteiger partial charge on any atom is -0.376 e. The Kier molecular flexibility index (Phi) is 2.85. The molecule has 0 spiro atoms. The van der Waals surface area contributed by atoms with Crippen LogP contribution >= 0.6 is 0 Å². The highest BCUT2D eigenvalue weighted by atomic mass is 16.6. The Labute approximate surface area is 97.5 Å². The summed E-state index contributed by atoms with van der Waals surface area (Å²) in [4.78, 5) is 8.26. The molecule has 1 fully saturated rings. The quantitative estimate of drug-likeness (QED) is 0.789. The first-order valence-electron chi connectivity index (χ1n) is 5.51. The molecule has 2 aromatic heterocycles. The van der Waals surface area contributed by atoms with Gasteiger partial charge in [0, 0.05) is 6.54 Å². The number of hydrogen-bond acceptors (Lipinski definition) is 6. The van der Waals surface area contributed by atoms with Crippen LogP contribution in [0, 0.1) is 0 Å². The Hall–Kier alpha value is -1.73. The molecule has 0 saturated carbocycles. The molecule has 90 valence electrons. The van der Waals surface area contributed by atoms with Gasteiger partial charge in [-0.3, -0.25) is 5.10 Å². The summed E-state index contributed by atoms with van der Waals surface area (Å²) in [6.07, 6.45) is 3.28. The zero-order valence-electron chi connectivity index (χ0n) is 9.22. The monoisotopic (exact) mass is 235 g/mol. The normalized spacial score (nSPS) is 20.6. The summed E-state index contributed by atoms with van der Waals surface area (Å²) in [5.41, 5.74) is 0.725. The summed E-state index contributed by atoms with van der Waals surface area (Å²) < 4.78 is 10.9. The fraction of sp³-hybridized carbons (Fsp3) is 0.500. The van der Waals surface area contributed by atoms with Crippen LogP contribution in [0.5, 0.6) is 0 Å². The van der Waals surface area contributed by atoms with Crippen LogP contribution in [0.15, 0.2) is 12.5 Å². The van der Waals surface area contributed by atoms with Gasteiger partial charge >= 0.3 is 0 Å². The van der Waals surface area contributed by atoms with Crippen molar-refractivity contribution in [1.82, 2.24) is 20.2 Å². The second-order valence-electron chi connectivity index (χ2n) is 3.80. The highest BCUT2D eigenvalue weighted by Gasteiger charge is 2.14. The highest BCUT2D eigenvalue weighted by Crippen LogP contribution is 2.16. The Balaban J connectivity index is 1.69. The third-order valence-electron chi connectivity index (χ3n) is 2.63. The predicted octanol–water partition coefficient (Wildman–Crippen LogP) is 0.180. The van der Waals surface area contributed by atoms with Crippen molar-refractivity contribution in [2.75, 3.05) is 31.7 Å². The molecule has 7 heteroatoms. The third kappa shape index (κ3) is 2.20. The number of nitrogens with one attached hydrogen (secondary N) is 2. The first-order valence-corrected chi connectivity index (χ1v) is 5.51. The molecule has 0 radical (unpaired) electrons. The van der Waals surface area contributed by atoms with Gasteiger partial charge in [0.25, 0.3) is 0 Å². The van der Waals surface area contributed by atoms with E-state index >= 15 is 0 Å². The Morgan fingerprint density at radius 1 is 1.41 bits per heavy atom. The van der Waals surface area contributed by atoms with Crippen molar-refractivity contribution in [2.45, 2.75) is 6.10 Å². The van der Waals surface area contributed by atoms with Gasteiger partial charge in [0.05, 0.1) is 37.5 Å². The number of aromatic nitrogens is 4. The van der Waals surface area contributed by atoms with E-state index in [0.717, 1.165) is 16.9 Å². The summed E-state index contributed by atoms with van der Waals surface area (Å²) in [5.74, 6) is 0.762. The van der Waals surface area contributed by atoms with Gasteiger partial charge in [0.15, 0.2) is 5.65 Å². The number of nitrogens with zero attached hydrogens (tertiary/aromatic N) is 3. The van der Waals surface area contributed by atoms with E-state index in [9.17, 15) is 0 Å². The summed E-state index contributed by atoms with van der Waals surface area (Å²) in [7, 11) is 0. The summed E-state index contributed by atoms with van der Waals surface area (Å²) in [6, 6.07) is 0. The van der Waals surface area contributed by atoms with Crippen molar-refractivity contribution < 1.29 is 9.47 Å². The van der Waals surface area contributed by atoms with Crippen molar-refractivity contribution in [2.24, 2.45) is 0 Å². The minimum absolute atomic E-state index is 0.0701. The van der Waals surface area contributed by atoms with Crippen LogP contribution in [-0.4, -0.2) is 52.6 Å². The number of aromatic amines is 1. The molecule has 2 aromatic rings. The smallest absolute Gasteiger partial charge is 0.160 e. The van der Waals surface area contributed by atoms with Gasteiger partial charge in [-0.15, -0.1) is 0 Å². The molecule has 1 aliphatic rings. The van der Waals surface area contributed by atoms with Crippen molar-refractivity contribution in [3.63, 3.8) is 0 Å². The van der Waals surface area contributed by atoms with Gasteiger partial charge in [-0.05, 0) is 0 Å². The van der Waals surface area contributed by atoms with Gasteiger partial charge in [0.1, 0.15) is 12.1 Å². The number of H-pyrrole nitrogens is 1. The van der Waals surface area contributed by atoms with Gasteiger partial charge in [-0.2, -0.15) is 5.10 Å². The first kappa shape index (κ1) is 10.4. The van der Waals surface area contributed by atoms with Crippen molar-refractivity contribution in [1.29, 1.82) is 0 Å². The van der Waals surface area contributed by atoms with Crippen LogP contribution in [0.25, 0.3) is 11.0 Å². The van der Waals surface area contributed by atoms with Crippen molar-refractivity contribution in [3.05, 3.63) is 12.5 Å². The molecule has 2 N–H and O–H groups in total. The van der Waals surface area contributed by atoms with E-state index in [1.165, 1.54) is 6.33 Å². The van der Waals surface area contributed by atoms with Gasteiger partial charge < -0.3 is 14.8 Å². The third-order valence-corrected chi connectivity index (χ3v) is 2.63. The highest BCUT2D eigenvalue weighted by molar-refractivity contribution is 5.85. The van der Waals surface area contributed by atoms with Crippen LogP contribution in [-0.2, 0) is 9.47 Å². The van der Waals surface area contributed by atoms with Gasteiger partial charge in [-0.25, -0.2) is 9.97 Å². The SMILES string of the molecule is c1nc(NC[C@H]2COCCO2)c2cn[nH]c2n1. The maximum atomic E-state index is 5.54. The first-order chi connectivity index (χ1) is 8.43. The average Bonchev–Trinajstić information content (AvgIpc) is 2.86. The Morgan fingerprint density at radius 3 is 3.29 bits per heavy atom. The standard InChI is InChI=1S/C10H13N5O2/c1-2-17-7(5-16-1)3-11-9-8-4-14-15-10(8)13-6-12-9/h4,6-7H,1-3,5H2,(H2,11,12,13,14,15)/t7-/m0/s1. The fourth-order valence-electron chi connectivity index (χ4n) is 1.77. The van der Waals surface area contributed by atoms with E-state index in [0.29, 0.717) is 26.4 Å². The van der Waals surface area contributed by atoms with Gasteiger partial charge in [0.2, 0.25) is 0 Å². The number of hydrogen-bond donors (Lipinski definition) is 2. The molecule has 1 atom stereocenters. The van der Waals surface area contributed by atoms with E-state index < -0.39 is 0 Å². The van der Waals surface area contributed by atoms with Crippen LogP contribution in [0.3, 0.4) is 0 Å². The molecule has 1 aliphatic heterocycles. The number of fused-ring (bicyclic) bond motifs is 1. The lowest BCUT2D eigenvalue weighted by molar-refractivity contribution is -0.0819. The molecule has 0 bridgehead atoms. The molecule has 3 rings (SSSR count). The number of ether oxygens (including phenoxy) is 2. The summed E-state index contributed by atoms with van der Waals surface area (Å²) in [6.45, 7) is 2.61. The molecule has 7 nitrogen and oxygen atoms in total. The summed E-state index contributed by atoms with van der Waals surface area (Å²) >= 11 is 0. The topological polar surface area (TPSA) is 85.0 Å². The van der Waals surface area contributed by atoms with Crippen molar-refractivity contribution >= 4 is 16.9 Å². The average molecular weight is 235 g/mol. The van der Waals surface area contributed by atoms with E-state index in [1.54, 1.807) is 6.20 Å². The van der Waals surface area contributed by atoms with Crippen LogP contribution < -0.4 is 5.32 Å². The molecule has 0 amide bonds. The number of rotatable bonds is 3. The zero-order chi connectivity index (χ0) is 11.5. The van der Waals surface area contributed by atoms with Gasteiger partial charge in [-0.1, -0.05) is 0 Å². The molecule has 0 aliphatic carbocycles. The minimum atomic E-state index is 0.0701. The lowest BCUT2D eigenvalue weighted by Crippen LogP contribution is -2.34. The van der Waals surface area contributed by atoms with E-state index in [2.05, 4.69) is 25.5 Å². The lowest BCUT2D eigenvalue weighted by Gasteiger charge is -2.23. The van der Waals surface area contributed by atoms with Crippen LogP contribution in [0.2, 0.25) is 0 Å². The molecular formula is C10H13N5O2. The summed E-state index contributed by atoms with van der Waals surface area (Å²) in [5, 5.41) is 10.8. The van der Waals surface area contributed by atoms with E-state index in [-0.39, 0.29) is 6.10 Å². The molecular weight excluding hydrogens is 222 g/mol. The maximum absolute atomic E-state index is 5.54. The maximum Gasteiger partial charge on any atom is 0.160 e. The molecule has 0 unspecified atom stereocenters.